The molecule has 1 heterocycles. The van der Waals surface area contributed by atoms with Crippen molar-refractivity contribution >= 4 is 34.6 Å². The van der Waals surface area contributed by atoms with E-state index < -0.39 is 0 Å². The molecule has 0 unspecified atom stereocenters. The van der Waals surface area contributed by atoms with Crippen LogP contribution in [0.3, 0.4) is 0 Å². The maximum absolute atomic E-state index is 12.8. The van der Waals surface area contributed by atoms with Gasteiger partial charge in [-0.2, -0.15) is 5.10 Å². The largest absolute Gasteiger partial charge is 0.273 e. The Morgan fingerprint density at radius 3 is 2.76 bits per heavy atom. The lowest BCUT2D eigenvalue weighted by Gasteiger charge is -2.03. The highest BCUT2D eigenvalue weighted by molar-refractivity contribution is 6.32. The fourth-order valence-corrected chi connectivity index (χ4v) is 2.56. The average Bonchev–Trinajstić information content (AvgIpc) is 2.57. The lowest BCUT2D eigenvalue weighted by atomic mass is 10.1. The minimum absolute atomic E-state index is 0.112. The van der Waals surface area contributed by atoms with E-state index in [4.69, 9.17) is 11.6 Å². The van der Waals surface area contributed by atoms with Gasteiger partial charge in [0.25, 0.3) is 0 Å². The Kier molecular flexibility index (Phi) is 5.05. The summed E-state index contributed by atoms with van der Waals surface area (Å²) < 4.78 is 12.8. The molecule has 0 fully saturated rings. The summed E-state index contributed by atoms with van der Waals surface area (Å²) in [6, 6.07) is 13.5. The molecule has 126 valence electrons. The third kappa shape index (κ3) is 4.39. The Morgan fingerprint density at radius 1 is 1.24 bits per heavy atom. The first-order valence-electron chi connectivity index (χ1n) is 7.64. The van der Waals surface area contributed by atoms with Crippen molar-refractivity contribution in [3.8, 4) is 0 Å². The van der Waals surface area contributed by atoms with Crippen molar-refractivity contribution in [3.63, 3.8) is 0 Å². The molecule has 0 saturated heterocycles. The van der Waals surface area contributed by atoms with Crippen LogP contribution in [-0.4, -0.2) is 17.1 Å². The Hall–Kier alpha value is -2.79. The van der Waals surface area contributed by atoms with Crippen molar-refractivity contribution in [3.05, 3.63) is 76.2 Å². The second-order valence-electron chi connectivity index (χ2n) is 5.66. The number of halogens is 2. The number of nitrogens with zero attached hydrogens (tertiary/aromatic N) is 2. The van der Waals surface area contributed by atoms with Crippen molar-refractivity contribution < 1.29 is 9.18 Å². The van der Waals surface area contributed by atoms with E-state index in [1.165, 1.54) is 18.3 Å². The number of amides is 1. The third-order valence-electron chi connectivity index (χ3n) is 3.62. The van der Waals surface area contributed by atoms with Crippen LogP contribution in [-0.2, 0) is 11.2 Å². The van der Waals surface area contributed by atoms with Gasteiger partial charge < -0.3 is 0 Å². The number of carbonyl (C=O) groups is 1. The maximum Gasteiger partial charge on any atom is 0.244 e. The third-order valence-corrected chi connectivity index (χ3v) is 3.93. The lowest BCUT2D eigenvalue weighted by molar-refractivity contribution is -0.120. The highest BCUT2D eigenvalue weighted by Gasteiger charge is 2.05. The van der Waals surface area contributed by atoms with Crippen LogP contribution in [0.2, 0.25) is 5.15 Å². The quantitative estimate of drug-likeness (QED) is 0.436. The molecule has 0 saturated carbocycles. The summed E-state index contributed by atoms with van der Waals surface area (Å²) in [5.74, 6) is -0.640. The zero-order valence-electron chi connectivity index (χ0n) is 13.5. The summed E-state index contributed by atoms with van der Waals surface area (Å²) in [5.41, 5.74) is 5.65. The summed E-state index contributed by atoms with van der Waals surface area (Å²) in [4.78, 5) is 16.2. The Morgan fingerprint density at radius 2 is 2.00 bits per heavy atom. The molecule has 0 aliphatic rings. The number of hydrogen-bond donors (Lipinski definition) is 1. The van der Waals surface area contributed by atoms with E-state index in [1.807, 2.05) is 31.2 Å². The van der Waals surface area contributed by atoms with Gasteiger partial charge in [-0.15, -0.1) is 0 Å². The van der Waals surface area contributed by atoms with Crippen molar-refractivity contribution in [1.29, 1.82) is 0 Å². The van der Waals surface area contributed by atoms with Crippen molar-refractivity contribution in [2.24, 2.45) is 5.10 Å². The van der Waals surface area contributed by atoms with Gasteiger partial charge >= 0.3 is 0 Å². The number of fused-ring (bicyclic) bond motifs is 1. The van der Waals surface area contributed by atoms with Crippen LogP contribution in [0.15, 0.2) is 53.6 Å². The van der Waals surface area contributed by atoms with Crippen LogP contribution < -0.4 is 5.43 Å². The van der Waals surface area contributed by atoms with Crippen molar-refractivity contribution in [1.82, 2.24) is 10.4 Å². The normalized spacial score (nSPS) is 11.2. The van der Waals surface area contributed by atoms with Crippen LogP contribution in [0.4, 0.5) is 4.39 Å². The number of hydrogen-bond acceptors (Lipinski definition) is 3. The molecule has 1 N–H and O–H groups in total. The lowest BCUT2D eigenvalue weighted by Crippen LogP contribution is -2.19. The molecule has 0 atom stereocenters. The number of aromatic nitrogens is 1. The van der Waals surface area contributed by atoms with Gasteiger partial charge in [-0.3, -0.25) is 4.79 Å². The first-order chi connectivity index (χ1) is 12.0. The summed E-state index contributed by atoms with van der Waals surface area (Å²) in [6.45, 7) is 1.99. The highest BCUT2D eigenvalue weighted by Crippen LogP contribution is 2.20. The number of carbonyl (C=O) groups excluding carboxylic acids is 1. The smallest absolute Gasteiger partial charge is 0.244 e. The average molecular weight is 356 g/mol. The maximum atomic E-state index is 12.8. The summed E-state index contributed by atoms with van der Waals surface area (Å²) >= 11 is 6.16. The molecule has 6 heteroatoms. The van der Waals surface area contributed by atoms with Gasteiger partial charge in [0.15, 0.2) is 0 Å². The Labute approximate surface area is 149 Å². The Bertz CT molecular complexity index is 955. The number of aryl methyl sites for hydroxylation is 1. The molecule has 4 nitrogen and oxygen atoms in total. The summed E-state index contributed by atoms with van der Waals surface area (Å²) in [5, 5.41) is 5.17. The zero-order chi connectivity index (χ0) is 17.8. The Balaban J connectivity index is 1.68. The number of hydrazone groups is 1. The molecule has 0 spiro atoms. The molecular weight excluding hydrogens is 341 g/mol. The van der Waals surface area contributed by atoms with E-state index in [1.54, 1.807) is 12.1 Å². The number of nitrogens with one attached hydrogen (secondary N) is 1. The van der Waals surface area contributed by atoms with Gasteiger partial charge in [-0.25, -0.2) is 14.8 Å². The molecule has 3 aromatic rings. The molecule has 2 aromatic carbocycles. The topological polar surface area (TPSA) is 54.4 Å². The molecule has 0 aliphatic carbocycles. The standard InChI is InChI=1S/C19H15ClFN3O/c1-12-2-5-14-10-15(19(20)23-17(14)8-12)11-22-24-18(25)9-13-3-6-16(21)7-4-13/h2-8,10-11H,9H2,1H3,(H,24,25)/b22-11-. The highest BCUT2D eigenvalue weighted by atomic mass is 35.5. The van der Waals surface area contributed by atoms with Crippen LogP contribution in [0, 0.1) is 12.7 Å². The fourth-order valence-electron chi connectivity index (χ4n) is 2.36. The summed E-state index contributed by atoms with van der Waals surface area (Å²) in [6.07, 6.45) is 1.57. The van der Waals surface area contributed by atoms with E-state index in [9.17, 15) is 9.18 Å². The monoisotopic (exact) mass is 355 g/mol. The van der Waals surface area contributed by atoms with E-state index in [2.05, 4.69) is 15.5 Å². The van der Waals surface area contributed by atoms with E-state index in [0.29, 0.717) is 16.3 Å². The molecule has 1 amide bonds. The SMILES string of the molecule is Cc1ccc2cc(/C=N\NC(=O)Cc3ccc(F)cc3)c(Cl)nc2c1. The molecule has 0 bridgehead atoms. The summed E-state index contributed by atoms with van der Waals surface area (Å²) in [7, 11) is 0. The molecular formula is C19H15ClFN3O. The van der Waals surface area contributed by atoms with E-state index >= 15 is 0 Å². The van der Waals surface area contributed by atoms with Gasteiger partial charge in [-0.05, 0) is 42.3 Å². The van der Waals surface area contributed by atoms with Gasteiger partial charge in [-0.1, -0.05) is 35.9 Å². The second-order valence-corrected chi connectivity index (χ2v) is 6.02. The van der Waals surface area contributed by atoms with Gasteiger partial charge in [0, 0.05) is 10.9 Å². The van der Waals surface area contributed by atoms with E-state index in [-0.39, 0.29) is 18.1 Å². The van der Waals surface area contributed by atoms with Crippen LogP contribution in [0.1, 0.15) is 16.7 Å². The number of rotatable bonds is 4. The predicted octanol–water partition coefficient (Wildman–Crippen LogP) is 4.03. The fraction of sp³-hybridized carbons (Fsp3) is 0.105. The van der Waals surface area contributed by atoms with Crippen LogP contribution in [0.5, 0.6) is 0 Å². The van der Waals surface area contributed by atoms with Gasteiger partial charge in [0.1, 0.15) is 11.0 Å². The minimum Gasteiger partial charge on any atom is -0.273 e. The molecule has 3 rings (SSSR count). The van der Waals surface area contributed by atoms with Crippen molar-refractivity contribution in [2.75, 3.05) is 0 Å². The number of pyridine rings is 1. The van der Waals surface area contributed by atoms with Gasteiger partial charge in [0.2, 0.25) is 5.91 Å². The first kappa shape index (κ1) is 17.0. The molecule has 0 radical (unpaired) electrons. The molecule has 25 heavy (non-hydrogen) atoms. The number of benzene rings is 2. The molecule has 0 aliphatic heterocycles. The van der Waals surface area contributed by atoms with Crippen LogP contribution >= 0.6 is 11.6 Å². The van der Waals surface area contributed by atoms with E-state index in [0.717, 1.165) is 16.5 Å². The molecule has 1 aromatic heterocycles. The predicted molar refractivity (Wildman–Crippen MR) is 97.3 cm³/mol. The van der Waals surface area contributed by atoms with Gasteiger partial charge in [0.05, 0.1) is 18.2 Å². The first-order valence-corrected chi connectivity index (χ1v) is 8.02. The van der Waals surface area contributed by atoms with Crippen LogP contribution in [0.25, 0.3) is 10.9 Å². The second kappa shape index (κ2) is 7.40. The van der Waals surface area contributed by atoms with Crippen molar-refractivity contribution in [2.45, 2.75) is 13.3 Å². The zero-order valence-corrected chi connectivity index (χ0v) is 14.2. The minimum atomic E-state index is -0.337.